The first-order valence-electron chi connectivity index (χ1n) is 7.61. The fourth-order valence-corrected chi connectivity index (χ4v) is 2.92. The van der Waals surface area contributed by atoms with Crippen molar-refractivity contribution in [3.05, 3.63) is 24.0 Å². The molecule has 2 rings (SSSR count). The highest BCUT2D eigenvalue weighted by molar-refractivity contribution is 5.46. The first-order valence-corrected chi connectivity index (χ1v) is 7.61. The molecule has 0 saturated carbocycles. The quantitative estimate of drug-likeness (QED) is 0.883. The Morgan fingerprint density at radius 2 is 2.37 bits per heavy atom. The zero-order valence-corrected chi connectivity index (χ0v) is 12.5. The first-order chi connectivity index (χ1) is 9.20. The van der Waals surface area contributed by atoms with E-state index in [4.69, 9.17) is 0 Å². The highest BCUT2D eigenvalue weighted by Gasteiger charge is 2.24. The summed E-state index contributed by atoms with van der Waals surface area (Å²) in [5, 5.41) is 3.65. The largest absolute Gasteiger partial charge is 0.371 e. The number of nitrogens with one attached hydrogen (secondary N) is 1. The van der Waals surface area contributed by atoms with E-state index in [1.807, 2.05) is 6.20 Å². The molecular formula is C16H27N3. The summed E-state index contributed by atoms with van der Waals surface area (Å²) >= 11 is 0. The molecule has 1 aliphatic heterocycles. The normalized spacial score (nSPS) is 21.4. The van der Waals surface area contributed by atoms with Gasteiger partial charge in [-0.3, -0.25) is 4.98 Å². The number of hydrogen-bond donors (Lipinski definition) is 1. The van der Waals surface area contributed by atoms with E-state index < -0.39 is 0 Å². The second-order valence-electron chi connectivity index (χ2n) is 5.75. The van der Waals surface area contributed by atoms with E-state index in [-0.39, 0.29) is 0 Å². The summed E-state index contributed by atoms with van der Waals surface area (Å²) < 4.78 is 0. The Morgan fingerprint density at radius 1 is 1.53 bits per heavy atom. The Bertz CT molecular complexity index is 391. The molecule has 3 heteroatoms. The van der Waals surface area contributed by atoms with Gasteiger partial charge in [-0.25, -0.2) is 0 Å². The Labute approximate surface area is 117 Å². The maximum absolute atomic E-state index is 4.29. The number of piperidine rings is 1. The van der Waals surface area contributed by atoms with Crippen molar-refractivity contribution >= 4 is 5.69 Å². The lowest BCUT2D eigenvalue weighted by molar-refractivity contribution is 0.321. The topological polar surface area (TPSA) is 28.2 Å². The van der Waals surface area contributed by atoms with Gasteiger partial charge in [0.1, 0.15) is 0 Å². The van der Waals surface area contributed by atoms with Crippen molar-refractivity contribution in [2.24, 2.45) is 5.92 Å². The predicted octanol–water partition coefficient (Wildman–Crippen LogP) is 2.99. The summed E-state index contributed by atoms with van der Waals surface area (Å²) in [6, 6.07) is 4.96. The lowest BCUT2D eigenvalue weighted by Crippen LogP contribution is -2.44. The summed E-state index contributed by atoms with van der Waals surface area (Å²) in [6.07, 6.45) is 5.78. The van der Waals surface area contributed by atoms with E-state index >= 15 is 0 Å². The van der Waals surface area contributed by atoms with Crippen LogP contribution in [0, 0.1) is 12.8 Å². The van der Waals surface area contributed by atoms with Gasteiger partial charge in [0.15, 0.2) is 0 Å². The van der Waals surface area contributed by atoms with Crippen LogP contribution in [0.25, 0.3) is 0 Å². The average molecular weight is 261 g/mol. The van der Waals surface area contributed by atoms with Crippen LogP contribution in [0.1, 0.15) is 38.8 Å². The van der Waals surface area contributed by atoms with Crippen molar-refractivity contribution in [3.63, 3.8) is 0 Å². The smallest absolute Gasteiger partial charge is 0.0399 e. The number of rotatable bonds is 5. The van der Waals surface area contributed by atoms with Crippen LogP contribution in [-0.2, 0) is 0 Å². The van der Waals surface area contributed by atoms with Crippen molar-refractivity contribution in [3.8, 4) is 0 Å². The summed E-state index contributed by atoms with van der Waals surface area (Å²) in [5.41, 5.74) is 2.44. The van der Waals surface area contributed by atoms with E-state index in [0.29, 0.717) is 6.04 Å². The fourth-order valence-electron chi connectivity index (χ4n) is 2.92. The molecule has 1 aromatic rings. The van der Waals surface area contributed by atoms with Gasteiger partial charge in [-0.15, -0.1) is 0 Å². The first kappa shape index (κ1) is 14.3. The molecule has 0 spiro atoms. The second kappa shape index (κ2) is 6.90. The molecule has 0 radical (unpaired) electrons. The van der Waals surface area contributed by atoms with E-state index in [9.17, 15) is 0 Å². The molecule has 1 N–H and O–H groups in total. The second-order valence-corrected chi connectivity index (χ2v) is 5.75. The SMILES string of the molecule is CCCNC(C)C1CCCN(c2ccnc(C)c2)C1. The number of hydrogen-bond acceptors (Lipinski definition) is 3. The lowest BCUT2D eigenvalue weighted by Gasteiger charge is -2.37. The molecule has 2 unspecified atom stereocenters. The van der Waals surface area contributed by atoms with Crippen molar-refractivity contribution in [2.75, 3.05) is 24.5 Å². The van der Waals surface area contributed by atoms with Crippen LogP contribution in [0.2, 0.25) is 0 Å². The molecule has 19 heavy (non-hydrogen) atoms. The Kier molecular flexibility index (Phi) is 5.20. The third-order valence-corrected chi connectivity index (χ3v) is 4.13. The third-order valence-electron chi connectivity index (χ3n) is 4.13. The van der Waals surface area contributed by atoms with Gasteiger partial charge in [-0.2, -0.15) is 0 Å². The van der Waals surface area contributed by atoms with Crippen molar-refractivity contribution in [2.45, 2.75) is 46.1 Å². The van der Waals surface area contributed by atoms with E-state index in [1.165, 1.54) is 38.0 Å². The minimum Gasteiger partial charge on any atom is -0.371 e. The maximum atomic E-state index is 4.29. The highest BCUT2D eigenvalue weighted by Crippen LogP contribution is 2.25. The molecular weight excluding hydrogens is 234 g/mol. The highest BCUT2D eigenvalue weighted by atomic mass is 15.1. The monoisotopic (exact) mass is 261 g/mol. The van der Waals surface area contributed by atoms with Crippen LogP contribution in [0.5, 0.6) is 0 Å². The Morgan fingerprint density at radius 3 is 3.11 bits per heavy atom. The predicted molar refractivity (Wildman–Crippen MR) is 81.7 cm³/mol. The molecule has 3 nitrogen and oxygen atoms in total. The van der Waals surface area contributed by atoms with Gasteiger partial charge in [0.25, 0.3) is 0 Å². The van der Waals surface area contributed by atoms with Gasteiger partial charge in [0, 0.05) is 36.7 Å². The molecule has 1 fully saturated rings. The zero-order chi connectivity index (χ0) is 13.7. The molecule has 1 aromatic heterocycles. The molecule has 2 atom stereocenters. The minimum absolute atomic E-state index is 0.616. The van der Waals surface area contributed by atoms with E-state index in [0.717, 1.165) is 18.2 Å². The lowest BCUT2D eigenvalue weighted by atomic mass is 9.91. The fraction of sp³-hybridized carbons (Fsp3) is 0.688. The van der Waals surface area contributed by atoms with Gasteiger partial charge in [0.2, 0.25) is 0 Å². The van der Waals surface area contributed by atoms with Crippen molar-refractivity contribution < 1.29 is 0 Å². The van der Waals surface area contributed by atoms with E-state index in [2.05, 4.69) is 48.1 Å². The third kappa shape index (κ3) is 3.93. The molecule has 106 valence electrons. The molecule has 1 aliphatic rings. The van der Waals surface area contributed by atoms with Crippen LogP contribution >= 0.6 is 0 Å². The van der Waals surface area contributed by atoms with Crippen LogP contribution in [0.15, 0.2) is 18.3 Å². The van der Waals surface area contributed by atoms with Gasteiger partial charge < -0.3 is 10.2 Å². The molecule has 1 saturated heterocycles. The summed E-state index contributed by atoms with van der Waals surface area (Å²) in [5.74, 6) is 0.758. The minimum atomic E-state index is 0.616. The molecule has 0 bridgehead atoms. The summed E-state index contributed by atoms with van der Waals surface area (Å²) in [6.45, 7) is 10.1. The number of nitrogens with zero attached hydrogens (tertiary/aromatic N) is 2. The van der Waals surface area contributed by atoms with Gasteiger partial charge in [-0.05, 0) is 57.7 Å². The molecule has 0 amide bonds. The number of anilines is 1. The van der Waals surface area contributed by atoms with Gasteiger partial charge in [-0.1, -0.05) is 6.92 Å². The molecule has 0 aliphatic carbocycles. The van der Waals surface area contributed by atoms with Crippen molar-refractivity contribution in [1.82, 2.24) is 10.3 Å². The standard InChI is InChI=1S/C16H27N3/c1-4-8-18-14(3)15-6-5-10-19(12-15)16-7-9-17-13(2)11-16/h7,9,11,14-15,18H,4-6,8,10,12H2,1-3H3. The number of aryl methyl sites for hydroxylation is 1. The Hall–Kier alpha value is -1.09. The zero-order valence-electron chi connectivity index (χ0n) is 12.5. The van der Waals surface area contributed by atoms with Crippen LogP contribution in [0.3, 0.4) is 0 Å². The van der Waals surface area contributed by atoms with Gasteiger partial charge in [0.05, 0.1) is 0 Å². The number of pyridine rings is 1. The molecule has 0 aromatic carbocycles. The van der Waals surface area contributed by atoms with Crippen LogP contribution in [-0.4, -0.2) is 30.7 Å². The number of aromatic nitrogens is 1. The van der Waals surface area contributed by atoms with Crippen molar-refractivity contribution in [1.29, 1.82) is 0 Å². The van der Waals surface area contributed by atoms with Crippen LogP contribution < -0.4 is 10.2 Å². The van der Waals surface area contributed by atoms with E-state index in [1.54, 1.807) is 0 Å². The Balaban J connectivity index is 1.97. The summed E-state index contributed by atoms with van der Waals surface area (Å²) in [4.78, 5) is 6.81. The van der Waals surface area contributed by atoms with Crippen LogP contribution in [0.4, 0.5) is 5.69 Å². The summed E-state index contributed by atoms with van der Waals surface area (Å²) in [7, 11) is 0. The molecule has 2 heterocycles. The maximum Gasteiger partial charge on any atom is 0.0399 e. The average Bonchev–Trinajstić information content (AvgIpc) is 2.45. The van der Waals surface area contributed by atoms with Gasteiger partial charge >= 0.3 is 0 Å².